The zero-order valence-electron chi connectivity index (χ0n) is 17.5. The van der Waals surface area contributed by atoms with Gasteiger partial charge in [-0.15, -0.1) is 0 Å². The highest BCUT2D eigenvalue weighted by Gasteiger charge is 2.26. The molecular weight excluding hydrogens is 397 g/mol. The molecule has 31 heavy (non-hydrogen) atoms. The zero-order chi connectivity index (χ0) is 21.6. The number of piperidine rings is 1. The van der Waals surface area contributed by atoms with Gasteiger partial charge in [0.15, 0.2) is 0 Å². The average Bonchev–Trinajstić information content (AvgIpc) is 3.29. The lowest BCUT2D eigenvalue weighted by atomic mass is 9.96. The normalized spacial score (nSPS) is 16.2. The van der Waals surface area contributed by atoms with Gasteiger partial charge in [-0.3, -0.25) is 9.78 Å². The van der Waals surface area contributed by atoms with E-state index in [1.807, 2.05) is 25.1 Å². The van der Waals surface area contributed by atoms with Gasteiger partial charge < -0.3 is 14.7 Å². The van der Waals surface area contributed by atoms with Crippen LogP contribution in [0.5, 0.6) is 0 Å². The Kier molecular flexibility index (Phi) is 6.66. The van der Waals surface area contributed by atoms with E-state index in [-0.39, 0.29) is 23.7 Å². The van der Waals surface area contributed by atoms with Crippen molar-refractivity contribution >= 4 is 5.91 Å². The van der Waals surface area contributed by atoms with Crippen molar-refractivity contribution in [1.82, 2.24) is 25.3 Å². The van der Waals surface area contributed by atoms with Gasteiger partial charge in [0.05, 0.1) is 6.04 Å². The number of likely N-dealkylation sites (tertiary alicyclic amines) is 1. The number of hydrogen-bond acceptors (Lipinski definition) is 6. The topological polar surface area (TPSA) is 84.2 Å². The highest BCUT2D eigenvalue weighted by molar-refractivity contribution is 5.76. The summed E-state index contributed by atoms with van der Waals surface area (Å²) < 4.78 is 18.5. The fraction of sp³-hybridized carbons (Fsp3) is 0.391. The molecule has 0 bridgehead atoms. The molecule has 3 aromatic rings. The molecular formula is C23H26FN5O2. The standard InChI is InChI=1S/C23H26FN5O2/c1-16(17-5-7-19(24)8-6-17)26-21(30)11-15-29-13-9-18(10-14-29)23-27-22(28-31-23)20-4-2-3-12-25-20/h2-8,12,16,18H,9-11,13-15H2,1H3,(H,26,30)/t16-/m1/s1. The van der Waals surface area contributed by atoms with E-state index in [1.54, 1.807) is 18.3 Å². The number of rotatable bonds is 7. The average molecular weight is 423 g/mol. The maximum Gasteiger partial charge on any atom is 0.230 e. The van der Waals surface area contributed by atoms with Crippen molar-refractivity contribution in [3.05, 3.63) is 65.9 Å². The summed E-state index contributed by atoms with van der Waals surface area (Å²) in [6.45, 7) is 4.37. The van der Waals surface area contributed by atoms with Crippen LogP contribution in [0.2, 0.25) is 0 Å². The molecule has 3 heterocycles. The maximum atomic E-state index is 13.0. The van der Waals surface area contributed by atoms with Gasteiger partial charge in [0, 0.05) is 25.1 Å². The lowest BCUT2D eigenvalue weighted by Gasteiger charge is -2.30. The Hall–Kier alpha value is -3.13. The van der Waals surface area contributed by atoms with Gasteiger partial charge in [0.2, 0.25) is 17.6 Å². The summed E-state index contributed by atoms with van der Waals surface area (Å²) in [6, 6.07) is 11.7. The number of aromatic nitrogens is 3. The minimum absolute atomic E-state index is 0.00384. The highest BCUT2D eigenvalue weighted by atomic mass is 19.1. The van der Waals surface area contributed by atoms with Gasteiger partial charge in [-0.1, -0.05) is 23.4 Å². The summed E-state index contributed by atoms with van der Waals surface area (Å²) in [4.78, 5) is 23.4. The number of amides is 1. The minimum atomic E-state index is -0.279. The molecule has 1 aromatic carbocycles. The van der Waals surface area contributed by atoms with Crippen LogP contribution in [0.3, 0.4) is 0 Å². The number of nitrogens with zero attached hydrogens (tertiary/aromatic N) is 4. The highest BCUT2D eigenvalue weighted by Crippen LogP contribution is 2.28. The van der Waals surface area contributed by atoms with Crippen LogP contribution in [0, 0.1) is 5.82 Å². The molecule has 1 aliphatic rings. The molecule has 4 rings (SSSR count). The Labute approximate surface area is 180 Å². The second-order valence-electron chi connectivity index (χ2n) is 7.88. The van der Waals surface area contributed by atoms with Crippen LogP contribution in [0.1, 0.15) is 49.6 Å². The van der Waals surface area contributed by atoms with E-state index in [1.165, 1.54) is 12.1 Å². The van der Waals surface area contributed by atoms with Gasteiger partial charge in [-0.2, -0.15) is 4.98 Å². The maximum absolute atomic E-state index is 13.0. The Balaban J connectivity index is 1.21. The third kappa shape index (κ3) is 5.52. The van der Waals surface area contributed by atoms with Gasteiger partial charge in [0.1, 0.15) is 11.5 Å². The number of halogens is 1. The first kappa shape index (κ1) is 21.1. The molecule has 1 N–H and O–H groups in total. The summed E-state index contributed by atoms with van der Waals surface area (Å²) in [6.07, 6.45) is 3.97. The first-order valence-electron chi connectivity index (χ1n) is 10.6. The van der Waals surface area contributed by atoms with E-state index < -0.39 is 0 Å². The molecule has 162 valence electrons. The van der Waals surface area contributed by atoms with Crippen LogP contribution in [-0.2, 0) is 4.79 Å². The van der Waals surface area contributed by atoms with Crippen LogP contribution in [0.15, 0.2) is 53.2 Å². The Morgan fingerprint density at radius 3 is 2.71 bits per heavy atom. The summed E-state index contributed by atoms with van der Waals surface area (Å²) >= 11 is 0. The first-order valence-corrected chi connectivity index (χ1v) is 10.6. The Morgan fingerprint density at radius 2 is 2.00 bits per heavy atom. The van der Waals surface area contributed by atoms with E-state index in [4.69, 9.17) is 4.52 Å². The quantitative estimate of drug-likeness (QED) is 0.624. The summed E-state index contributed by atoms with van der Waals surface area (Å²) in [5, 5.41) is 7.04. The molecule has 1 saturated heterocycles. The number of carbonyl (C=O) groups is 1. The van der Waals surface area contributed by atoms with E-state index in [2.05, 4.69) is 25.3 Å². The van der Waals surface area contributed by atoms with Gasteiger partial charge in [0.25, 0.3) is 0 Å². The number of carbonyl (C=O) groups excluding carboxylic acids is 1. The van der Waals surface area contributed by atoms with Crippen LogP contribution < -0.4 is 5.32 Å². The third-order valence-corrected chi connectivity index (χ3v) is 5.68. The number of hydrogen-bond donors (Lipinski definition) is 1. The number of benzene rings is 1. The van der Waals surface area contributed by atoms with Gasteiger partial charge in [-0.25, -0.2) is 4.39 Å². The smallest absolute Gasteiger partial charge is 0.230 e. The Morgan fingerprint density at radius 1 is 1.23 bits per heavy atom. The second kappa shape index (κ2) is 9.78. The Bertz CT molecular complexity index is 985. The fourth-order valence-electron chi connectivity index (χ4n) is 3.81. The molecule has 0 spiro atoms. The zero-order valence-corrected chi connectivity index (χ0v) is 17.5. The molecule has 8 heteroatoms. The van der Waals surface area contributed by atoms with Gasteiger partial charge in [-0.05, 0) is 62.7 Å². The van der Waals surface area contributed by atoms with Crippen LogP contribution in [0.4, 0.5) is 4.39 Å². The largest absolute Gasteiger partial charge is 0.350 e. The minimum Gasteiger partial charge on any atom is -0.350 e. The van der Waals surface area contributed by atoms with Crippen molar-refractivity contribution in [3.63, 3.8) is 0 Å². The van der Waals surface area contributed by atoms with E-state index in [0.29, 0.717) is 30.4 Å². The fourth-order valence-corrected chi connectivity index (χ4v) is 3.81. The molecule has 0 unspecified atom stereocenters. The third-order valence-electron chi connectivity index (χ3n) is 5.68. The molecule has 1 amide bonds. The van der Waals surface area contributed by atoms with Crippen LogP contribution >= 0.6 is 0 Å². The summed E-state index contributed by atoms with van der Waals surface area (Å²) in [7, 11) is 0. The van der Waals surface area contributed by atoms with Crippen molar-refractivity contribution < 1.29 is 13.7 Å². The second-order valence-corrected chi connectivity index (χ2v) is 7.88. The lowest BCUT2D eigenvalue weighted by Crippen LogP contribution is -2.36. The van der Waals surface area contributed by atoms with E-state index >= 15 is 0 Å². The summed E-state index contributed by atoms with van der Waals surface area (Å²) in [5.41, 5.74) is 1.59. The van der Waals surface area contributed by atoms with Crippen molar-refractivity contribution in [3.8, 4) is 11.5 Å². The van der Waals surface area contributed by atoms with Crippen LogP contribution in [-0.4, -0.2) is 45.6 Å². The SMILES string of the molecule is C[C@@H](NC(=O)CCN1CCC(c2nc(-c3ccccn3)no2)CC1)c1ccc(F)cc1. The predicted molar refractivity (Wildman–Crippen MR) is 114 cm³/mol. The van der Waals surface area contributed by atoms with Crippen LogP contribution in [0.25, 0.3) is 11.5 Å². The summed E-state index contributed by atoms with van der Waals surface area (Å²) in [5.74, 6) is 1.12. The van der Waals surface area contributed by atoms with Crippen molar-refractivity contribution in [2.24, 2.45) is 0 Å². The van der Waals surface area contributed by atoms with Crippen molar-refractivity contribution in [2.45, 2.75) is 38.1 Å². The van der Waals surface area contributed by atoms with E-state index in [0.717, 1.165) is 31.5 Å². The predicted octanol–water partition coefficient (Wildman–Crippen LogP) is 3.72. The number of nitrogens with one attached hydrogen (secondary N) is 1. The van der Waals surface area contributed by atoms with E-state index in [9.17, 15) is 9.18 Å². The molecule has 0 aliphatic carbocycles. The monoisotopic (exact) mass is 423 g/mol. The molecule has 1 atom stereocenters. The molecule has 0 radical (unpaired) electrons. The lowest BCUT2D eigenvalue weighted by molar-refractivity contribution is -0.122. The first-order chi connectivity index (χ1) is 15.1. The molecule has 1 fully saturated rings. The molecule has 7 nitrogen and oxygen atoms in total. The van der Waals surface area contributed by atoms with Crippen molar-refractivity contribution in [2.75, 3.05) is 19.6 Å². The molecule has 0 saturated carbocycles. The number of pyridine rings is 1. The molecule has 2 aromatic heterocycles. The van der Waals surface area contributed by atoms with Gasteiger partial charge >= 0.3 is 0 Å². The molecule has 1 aliphatic heterocycles. The van der Waals surface area contributed by atoms with Crippen molar-refractivity contribution in [1.29, 1.82) is 0 Å².